The van der Waals surface area contributed by atoms with Crippen molar-refractivity contribution >= 4 is 5.82 Å². The fourth-order valence-corrected chi connectivity index (χ4v) is 0.943. The smallest absolute Gasteiger partial charge is 0.148 e. The van der Waals surface area contributed by atoms with Crippen molar-refractivity contribution in [3.05, 3.63) is 30.0 Å². The van der Waals surface area contributed by atoms with Crippen LogP contribution in [-0.2, 0) is 0 Å². The number of aryl methyl sites for hydroxylation is 1. The van der Waals surface area contributed by atoms with Crippen LogP contribution >= 0.6 is 0 Å². The first-order valence-electron chi connectivity index (χ1n) is 4.48. The fourth-order valence-electron chi connectivity index (χ4n) is 0.943. The quantitative estimate of drug-likeness (QED) is 0.565. The summed E-state index contributed by atoms with van der Waals surface area (Å²) in [5.41, 5.74) is 0.944. The third-order valence-corrected chi connectivity index (χ3v) is 1.65. The van der Waals surface area contributed by atoms with Gasteiger partial charge >= 0.3 is 0 Å². The van der Waals surface area contributed by atoms with E-state index >= 15 is 0 Å². The summed E-state index contributed by atoms with van der Waals surface area (Å²) < 4.78 is 0. The second kappa shape index (κ2) is 5.30. The molecule has 0 amide bonds. The second-order valence-corrected chi connectivity index (χ2v) is 2.84. The van der Waals surface area contributed by atoms with Gasteiger partial charge in [0.15, 0.2) is 0 Å². The van der Waals surface area contributed by atoms with Gasteiger partial charge in [-0.25, -0.2) is 0 Å². The molecule has 0 radical (unpaired) electrons. The monoisotopic (exact) mass is 177 g/mol. The van der Waals surface area contributed by atoms with Crippen LogP contribution in [0.15, 0.2) is 24.3 Å². The van der Waals surface area contributed by atoms with Gasteiger partial charge in [-0.1, -0.05) is 12.2 Å². The number of allylic oxidation sites excluding steroid dienone is 1. The molecule has 1 aromatic heterocycles. The summed E-state index contributed by atoms with van der Waals surface area (Å²) in [5, 5.41) is 11.1. The number of rotatable bonds is 4. The van der Waals surface area contributed by atoms with Crippen LogP contribution in [0.1, 0.15) is 19.0 Å². The maximum atomic E-state index is 3.99. The molecule has 70 valence electrons. The lowest BCUT2D eigenvalue weighted by atomic mass is 10.3. The molecule has 0 saturated heterocycles. The van der Waals surface area contributed by atoms with Crippen molar-refractivity contribution < 1.29 is 0 Å². The summed E-state index contributed by atoms with van der Waals surface area (Å²) in [7, 11) is 0. The van der Waals surface area contributed by atoms with Gasteiger partial charge in [0.25, 0.3) is 0 Å². The van der Waals surface area contributed by atoms with Gasteiger partial charge in [0.2, 0.25) is 0 Å². The zero-order valence-electron chi connectivity index (χ0n) is 8.12. The Morgan fingerprint density at radius 3 is 2.85 bits per heavy atom. The number of anilines is 1. The van der Waals surface area contributed by atoms with E-state index in [1.807, 2.05) is 32.1 Å². The zero-order chi connectivity index (χ0) is 9.52. The van der Waals surface area contributed by atoms with Gasteiger partial charge in [-0.15, -0.1) is 5.10 Å². The van der Waals surface area contributed by atoms with Crippen LogP contribution in [0.2, 0.25) is 0 Å². The van der Waals surface area contributed by atoms with E-state index in [1.54, 1.807) is 0 Å². The highest BCUT2D eigenvalue weighted by atomic mass is 15.2. The molecule has 1 heterocycles. The molecule has 0 unspecified atom stereocenters. The first-order chi connectivity index (χ1) is 6.33. The van der Waals surface area contributed by atoms with Crippen LogP contribution in [0.5, 0.6) is 0 Å². The number of nitrogens with zero attached hydrogens (tertiary/aromatic N) is 2. The minimum absolute atomic E-state index is 0.843. The van der Waals surface area contributed by atoms with Gasteiger partial charge < -0.3 is 5.32 Å². The molecule has 0 aromatic carbocycles. The Hall–Kier alpha value is -1.38. The first kappa shape index (κ1) is 9.71. The molecular formula is C10H15N3. The topological polar surface area (TPSA) is 37.8 Å². The van der Waals surface area contributed by atoms with Crippen molar-refractivity contribution in [2.45, 2.75) is 20.3 Å². The molecule has 1 rings (SSSR count). The standard InChI is InChI=1S/C10H15N3/c1-3-4-5-8-11-10-7-6-9(2)12-13-10/h3-4,6-7H,5,8H2,1-2H3,(H,11,13)/b4-3+. The first-order valence-corrected chi connectivity index (χ1v) is 4.48. The van der Waals surface area contributed by atoms with Crippen LogP contribution in [0.25, 0.3) is 0 Å². The van der Waals surface area contributed by atoms with Gasteiger partial charge in [0.1, 0.15) is 5.82 Å². The lowest BCUT2D eigenvalue weighted by Crippen LogP contribution is -2.03. The van der Waals surface area contributed by atoms with E-state index < -0.39 is 0 Å². The average Bonchev–Trinajstić information content (AvgIpc) is 2.15. The number of aromatic nitrogens is 2. The summed E-state index contributed by atoms with van der Waals surface area (Å²) >= 11 is 0. The lowest BCUT2D eigenvalue weighted by molar-refractivity contribution is 0.955. The normalized spacial score (nSPS) is 10.6. The molecule has 1 N–H and O–H groups in total. The maximum absolute atomic E-state index is 3.99. The highest BCUT2D eigenvalue weighted by molar-refractivity contribution is 5.32. The molecule has 0 spiro atoms. The van der Waals surface area contributed by atoms with Crippen LogP contribution in [0.4, 0.5) is 5.82 Å². The zero-order valence-corrected chi connectivity index (χ0v) is 8.12. The predicted molar refractivity (Wildman–Crippen MR) is 54.7 cm³/mol. The Balaban J connectivity index is 2.33. The summed E-state index contributed by atoms with van der Waals surface area (Å²) in [6.45, 7) is 4.85. The van der Waals surface area contributed by atoms with E-state index in [9.17, 15) is 0 Å². The van der Waals surface area contributed by atoms with E-state index in [2.05, 4.69) is 21.6 Å². The Labute approximate surface area is 78.9 Å². The van der Waals surface area contributed by atoms with E-state index in [1.165, 1.54) is 0 Å². The highest BCUT2D eigenvalue weighted by Crippen LogP contribution is 2.00. The molecule has 0 bridgehead atoms. The van der Waals surface area contributed by atoms with E-state index in [4.69, 9.17) is 0 Å². The lowest BCUT2D eigenvalue weighted by Gasteiger charge is -2.01. The van der Waals surface area contributed by atoms with E-state index in [-0.39, 0.29) is 0 Å². The van der Waals surface area contributed by atoms with Crippen molar-refractivity contribution in [2.24, 2.45) is 0 Å². The van der Waals surface area contributed by atoms with Crippen LogP contribution < -0.4 is 5.32 Å². The fraction of sp³-hybridized carbons (Fsp3) is 0.400. The van der Waals surface area contributed by atoms with Gasteiger partial charge in [-0.05, 0) is 32.4 Å². The van der Waals surface area contributed by atoms with E-state index in [0.717, 1.165) is 24.5 Å². The van der Waals surface area contributed by atoms with Gasteiger partial charge in [0, 0.05) is 6.54 Å². The molecule has 1 aromatic rings. The molecule has 0 atom stereocenters. The highest BCUT2D eigenvalue weighted by Gasteiger charge is 1.91. The molecule has 0 fully saturated rings. The average molecular weight is 177 g/mol. The molecule has 0 aliphatic carbocycles. The Morgan fingerprint density at radius 2 is 2.23 bits per heavy atom. The summed E-state index contributed by atoms with van der Waals surface area (Å²) in [6.07, 6.45) is 5.18. The Morgan fingerprint density at radius 1 is 1.38 bits per heavy atom. The van der Waals surface area contributed by atoms with Gasteiger partial charge in [-0.3, -0.25) is 0 Å². The maximum Gasteiger partial charge on any atom is 0.148 e. The SMILES string of the molecule is C/C=C/CCNc1ccc(C)nn1. The van der Waals surface area contributed by atoms with Crippen molar-refractivity contribution in [2.75, 3.05) is 11.9 Å². The third-order valence-electron chi connectivity index (χ3n) is 1.65. The summed E-state index contributed by atoms with van der Waals surface area (Å²) in [6, 6.07) is 3.89. The second-order valence-electron chi connectivity index (χ2n) is 2.84. The largest absolute Gasteiger partial charge is 0.368 e. The molecule has 0 aliphatic heterocycles. The van der Waals surface area contributed by atoms with Crippen molar-refractivity contribution in [3.63, 3.8) is 0 Å². The van der Waals surface area contributed by atoms with Crippen molar-refractivity contribution in [1.82, 2.24) is 10.2 Å². The predicted octanol–water partition coefficient (Wildman–Crippen LogP) is 2.16. The molecule has 3 nitrogen and oxygen atoms in total. The number of hydrogen-bond donors (Lipinski definition) is 1. The molecule has 3 heteroatoms. The van der Waals surface area contributed by atoms with Gasteiger partial charge in [-0.2, -0.15) is 5.10 Å². The number of nitrogens with one attached hydrogen (secondary N) is 1. The van der Waals surface area contributed by atoms with Crippen molar-refractivity contribution in [3.8, 4) is 0 Å². The van der Waals surface area contributed by atoms with Crippen LogP contribution in [0, 0.1) is 6.92 Å². The molecule has 0 aliphatic rings. The van der Waals surface area contributed by atoms with Crippen LogP contribution in [0.3, 0.4) is 0 Å². The third kappa shape index (κ3) is 3.69. The Bertz CT molecular complexity index is 264. The summed E-state index contributed by atoms with van der Waals surface area (Å²) in [5.74, 6) is 0.843. The summed E-state index contributed by atoms with van der Waals surface area (Å²) in [4.78, 5) is 0. The van der Waals surface area contributed by atoms with E-state index in [0.29, 0.717) is 0 Å². The molecule has 0 saturated carbocycles. The Kier molecular flexibility index (Phi) is 3.96. The van der Waals surface area contributed by atoms with Crippen molar-refractivity contribution in [1.29, 1.82) is 0 Å². The number of hydrogen-bond acceptors (Lipinski definition) is 3. The van der Waals surface area contributed by atoms with Gasteiger partial charge in [0.05, 0.1) is 5.69 Å². The minimum atomic E-state index is 0.843. The molecular weight excluding hydrogens is 162 g/mol. The van der Waals surface area contributed by atoms with Crippen LogP contribution in [-0.4, -0.2) is 16.7 Å². The molecule has 13 heavy (non-hydrogen) atoms. The minimum Gasteiger partial charge on any atom is -0.368 e.